The number of nitrogens with one attached hydrogen (secondary N) is 1. The quantitative estimate of drug-likeness (QED) is 0.847. The van der Waals surface area contributed by atoms with Crippen molar-refractivity contribution in [3.8, 4) is 5.69 Å². The number of hydrogen-bond donors (Lipinski definition) is 1. The topological polar surface area (TPSA) is 29.9 Å². The third-order valence-electron chi connectivity index (χ3n) is 3.39. The van der Waals surface area contributed by atoms with Crippen molar-refractivity contribution in [3.63, 3.8) is 0 Å². The molecule has 1 aromatic heterocycles. The van der Waals surface area contributed by atoms with E-state index >= 15 is 0 Å². The number of imidazole rings is 1. The summed E-state index contributed by atoms with van der Waals surface area (Å²) in [6.45, 7) is 1.71. The molecule has 0 aliphatic carbocycles. The first-order valence-electron chi connectivity index (χ1n) is 6.04. The number of nitrogens with zero attached hydrogens (tertiary/aromatic N) is 2. The fourth-order valence-electron chi connectivity index (χ4n) is 2.41. The van der Waals surface area contributed by atoms with Gasteiger partial charge in [0.15, 0.2) is 17.5 Å². The van der Waals surface area contributed by atoms with E-state index < -0.39 is 17.5 Å². The lowest BCUT2D eigenvalue weighted by Crippen LogP contribution is -2.11. The zero-order valence-electron chi connectivity index (χ0n) is 10.0. The molecule has 6 heteroatoms. The largest absolute Gasteiger partial charge is 0.316 e. The molecule has 0 saturated carbocycles. The minimum Gasteiger partial charge on any atom is -0.316 e. The molecule has 1 saturated heterocycles. The normalized spacial score (nSPS) is 19.0. The highest BCUT2D eigenvalue weighted by atomic mass is 19.2. The van der Waals surface area contributed by atoms with Gasteiger partial charge in [-0.3, -0.25) is 0 Å². The van der Waals surface area contributed by atoms with Gasteiger partial charge in [0.05, 0.1) is 12.0 Å². The van der Waals surface area contributed by atoms with Gasteiger partial charge < -0.3 is 9.88 Å². The van der Waals surface area contributed by atoms with Crippen LogP contribution in [-0.2, 0) is 0 Å². The maximum atomic E-state index is 13.3. The second-order valence-electron chi connectivity index (χ2n) is 4.60. The number of benzene rings is 1. The zero-order valence-corrected chi connectivity index (χ0v) is 10.0. The third kappa shape index (κ3) is 2.12. The first-order chi connectivity index (χ1) is 9.16. The molecule has 1 fully saturated rings. The fraction of sp³-hybridized carbons (Fsp3) is 0.308. The second kappa shape index (κ2) is 4.70. The van der Waals surface area contributed by atoms with Gasteiger partial charge in [0, 0.05) is 36.5 Å². The van der Waals surface area contributed by atoms with Crippen LogP contribution in [0.1, 0.15) is 18.0 Å². The van der Waals surface area contributed by atoms with Crippen molar-refractivity contribution >= 4 is 0 Å². The molecule has 19 heavy (non-hydrogen) atoms. The average molecular weight is 267 g/mol. The van der Waals surface area contributed by atoms with Gasteiger partial charge in [-0.15, -0.1) is 0 Å². The van der Waals surface area contributed by atoms with Gasteiger partial charge in [-0.1, -0.05) is 0 Å². The summed E-state index contributed by atoms with van der Waals surface area (Å²) in [5.74, 6) is -3.59. The predicted octanol–water partition coefficient (Wildman–Crippen LogP) is 2.37. The first-order valence-corrected chi connectivity index (χ1v) is 6.04. The molecular weight excluding hydrogens is 255 g/mol. The third-order valence-corrected chi connectivity index (χ3v) is 3.39. The van der Waals surface area contributed by atoms with Crippen LogP contribution in [0.4, 0.5) is 13.2 Å². The van der Waals surface area contributed by atoms with E-state index in [-0.39, 0.29) is 11.6 Å². The average Bonchev–Trinajstić information content (AvgIpc) is 3.04. The highest BCUT2D eigenvalue weighted by Gasteiger charge is 2.21. The van der Waals surface area contributed by atoms with Crippen molar-refractivity contribution in [2.75, 3.05) is 13.1 Å². The minimum absolute atomic E-state index is 0.246. The number of halogens is 3. The molecule has 1 aliphatic rings. The van der Waals surface area contributed by atoms with Gasteiger partial charge in [0.25, 0.3) is 0 Å². The van der Waals surface area contributed by atoms with Crippen LogP contribution in [-0.4, -0.2) is 22.6 Å². The van der Waals surface area contributed by atoms with Crippen LogP contribution in [0.5, 0.6) is 0 Å². The number of rotatable bonds is 2. The molecule has 2 heterocycles. The monoisotopic (exact) mass is 267 g/mol. The van der Waals surface area contributed by atoms with E-state index in [4.69, 9.17) is 0 Å². The summed E-state index contributed by atoms with van der Waals surface area (Å²) in [4.78, 5) is 4.02. The molecule has 100 valence electrons. The smallest absolute Gasteiger partial charge is 0.194 e. The van der Waals surface area contributed by atoms with Crippen LogP contribution in [0.15, 0.2) is 24.7 Å². The van der Waals surface area contributed by atoms with Crippen molar-refractivity contribution < 1.29 is 13.2 Å². The molecule has 3 rings (SSSR count). The molecule has 1 unspecified atom stereocenters. The van der Waals surface area contributed by atoms with E-state index in [9.17, 15) is 13.2 Å². The summed E-state index contributed by atoms with van der Waals surface area (Å²) >= 11 is 0. The maximum Gasteiger partial charge on any atom is 0.194 e. The van der Waals surface area contributed by atoms with Gasteiger partial charge in [0.2, 0.25) is 0 Å². The Morgan fingerprint density at radius 1 is 1.21 bits per heavy atom. The van der Waals surface area contributed by atoms with Crippen molar-refractivity contribution in [2.45, 2.75) is 12.3 Å². The predicted molar refractivity (Wildman–Crippen MR) is 63.7 cm³/mol. The Labute approximate surface area is 108 Å². The number of hydrogen-bond acceptors (Lipinski definition) is 2. The molecule has 2 aromatic rings. The van der Waals surface area contributed by atoms with Gasteiger partial charge in [0.1, 0.15) is 0 Å². The summed E-state index contributed by atoms with van der Waals surface area (Å²) in [5.41, 5.74) is 1.12. The first kappa shape index (κ1) is 12.2. The van der Waals surface area contributed by atoms with Crippen LogP contribution < -0.4 is 5.32 Å². The van der Waals surface area contributed by atoms with Crippen molar-refractivity contribution in [3.05, 3.63) is 47.8 Å². The van der Waals surface area contributed by atoms with E-state index in [1.807, 2.05) is 0 Å². The highest BCUT2D eigenvalue weighted by Crippen LogP contribution is 2.26. The van der Waals surface area contributed by atoms with E-state index in [0.29, 0.717) is 0 Å². The summed E-state index contributed by atoms with van der Waals surface area (Å²) in [6.07, 6.45) is 4.11. The molecule has 1 aliphatic heterocycles. The number of aromatic nitrogens is 2. The van der Waals surface area contributed by atoms with Crippen molar-refractivity contribution in [2.24, 2.45) is 0 Å². The van der Waals surface area contributed by atoms with Crippen LogP contribution >= 0.6 is 0 Å². The molecule has 0 amide bonds. The Hall–Kier alpha value is -1.82. The molecule has 0 spiro atoms. The minimum atomic E-state index is -1.45. The van der Waals surface area contributed by atoms with Crippen molar-refractivity contribution in [1.29, 1.82) is 0 Å². The second-order valence-corrected chi connectivity index (χ2v) is 4.60. The van der Waals surface area contributed by atoms with E-state index in [1.54, 1.807) is 10.8 Å². The van der Waals surface area contributed by atoms with Gasteiger partial charge in [-0.25, -0.2) is 18.2 Å². The summed E-state index contributed by atoms with van der Waals surface area (Å²) in [7, 11) is 0. The van der Waals surface area contributed by atoms with Crippen molar-refractivity contribution in [1.82, 2.24) is 14.9 Å². The lowest BCUT2D eigenvalue weighted by Gasteiger charge is -2.13. The van der Waals surface area contributed by atoms with Gasteiger partial charge in [-0.05, 0) is 13.0 Å². The summed E-state index contributed by atoms with van der Waals surface area (Å²) in [6, 6.07) is 1.96. The summed E-state index contributed by atoms with van der Waals surface area (Å²) in [5, 5.41) is 3.22. The molecular formula is C13H12F3N3. The molecule has 3 nitrogen and oxygen atoms in total. The molecule has 1 aromatic carbocycles. The molecule has 0 radical (unpaired) electrons. The van der Waals surface area contributed by atoms with Crippen LogP contribution in [0.3, 0.4) is 0 Å². The lowest BCUT2D eigenvalue weighted by atomic mass is 10.1. The Balaban J connectivity index is 2.05. The van der Waals surface area contributed by atoms with E-state index in [2.05, 4.69) is 10.3 Å². The Kier molecular flexibility index (Phi) is 3.02. The molecule has 0 bridgehead atoms. The lowest BCUT2D eigenvalue weighted by molar-refractivity contribution is 0.446. The highest BCUT2D eigenvalue weighted by molar-refractivity contribution is 5.36. The zero-order chi connectivity index (χ0) is 13.4. The van der Waals surface area contributed by atoms with E-state index in [1.165, 1.54) is 6.33 Å². The molecule has 1 N–H and O–H groups in total. The molecule has 1 atom stereocenters. The maximum absolute atomic E-state index is 13.3. The van der Waals surface area contributed by atoms with Crippen LogP contribution in [0.2, 0.25) is 0 Å². The fourth-order valence-corrected chi connectivity index (χ4v) is 2.41. The Morgan fingerprint density at radius 2 is 1.95 bits per heavy atom. The SMILES string of the molecule is Fc1cc(-n2cncc2C2CCNC2)cc(F)c1F. The van der Waals surface area contributed by atoms with Gasteiger partial charge >= 0.3 is 0 Å². The van der Waals surface area contributed by atoms with Gasteiger partial charge in [-0.2, -0.15) is 0 Å². The standard InChI is InChI=1S/C13H12F3N3/c14-10-3-9(4-11(15)13(10)16)19-7-18-6-12(19)8-1-2-17-5-8/h3-4,6-8,17H,1-2,5H2. The Morgan fingerprint density at radius 3 is 2.58 bits per heavy atom. The van der Waals surface area contributed by atoms with Crippen LogP contribution in [0, 0.1) is 17.5 Å². The Bertz CT molecular complexity index is 580. The van der Waals surface area contributed by atoms with E-state index in [0.717, 1.165) is 37.3 Å². The summed E-state index contributed by atoms with van der Waals surface area (Å²) < 4.78 is 41.1. The van der Waals surface area contributed by atoms with Crippen LogP contribution in [0.25, 0.3) is 5.69 Å².